The molecule has 1 aliphatic heterocycles. The lowest BCUT2D eigenvalue weighted by Crippen LogP contribution is -2.44. The second kappa shape index (κ2) is 9.25. The molecule has 31 heavy (non-hydrogen) atoms. The third kappa shape index (κ3) is 4.39. The normalized spacial score (nSPS) is 20.2. The van der Waals surface area contributed by atoms with Crippen molar-refractivity contribution < 1.29 is 9.59 Å². The van der Waals surface area contributed by atoms with Gasteiger partial charge in [0.1, 0.15) is 0 Å². The number of carbonyl (C=O) groups is 2. The molecule has 2 aromatic rings. The SMILES string of the molecule is CCN(Cc1cnn(CC)c1)C(=O)[C@@H]1CN(C(=O)c2ccccc2)CC12CCCCC2. The Morgan fingerprint density at radius 3 is 2.52 bits per heavy atom. The lowest BCUT2D eigenvalue weighted by Gasteiger charge is -2.39. The van der Waals surface area contributed by atoms with Crippen LogP contribution in [0.4, 0.5) is 0 Å². The smallest absolute Gasteiger partial charge is 0.253 e. The summed E-state index contributed by atoms with van der Waals surface area (Å²) < 4.78 is 1.89. The second-order valence-electron chi connectivity index (χ2n) is 9.08. The molecule has 6 heteroatoms. The van der Waals surface area contributed by atoms with Crippen LogP contribution in [0, 0.1) is 11.3 Å². The van der Waals surface area contributed by atoms with Crippen LogP contribution in [0.1, 0.15) is 61.9 Å². The summed E-state index contributed by atoms with van der Waals surface area (Å²) in [6, 6.07) is 9.47. The molecule has 1 atom stereocenters. The standard InChI is InChI=1S/C25H34N4O2/c1-3-27(16-20-15-26-29(4-2)17-20)24(31)22-18-28(19-25(22)13-9-6-10-14-25)23(30)21-11-7-5-8-12-21/h5,7-8,11-12,15,17,22H,3-4,6,9-10,13-14,16,18-19H2,1-2H3/t22-/m0/s1. The Labute approximate surface area is 185 Å². The van der Waals surface area contributed by atoms with Crippen LogP contribution >= 0.6 is 0 Å². The highest BCUT2D eigenvalue weighted by atomic mass is 16.2. The average molecular weight is 423 g/mol. The number of rotatable bonds is 6. The van der Waals surface area contributed by atoms with Gasteiger partial charge in [0.05, 0.1) is 12.1 Å². The first-order chi connectivity index (χ1) is 15.1. The minimum atomic E-state index is -0.123. The zero-order valence-electron chi connectivity index (χ0n) is 18.8. The largest absolute Gasteiger partial charge is 0.338 e. The van der Waals surface area contributed by atoms with E-state index in [0.29, 0.717) is 31.7 Å². The molecular weight excluding hydrogens is 388 g/mol. The van der Waals surface area contributed by atoms with Crippen LogP contribution in [-0.4, -0.2) is 51.0 Å². The van der Waals surface area contributed by atoms with Gasteiger partial charge in [0.2, 0.25) is 5.91 Å². The molecule has 1 aromatic heterocycles. The summed E-state index contributed by atoms with van der Waals surface area (Å²) in [5, 5.41) is 4.36. The predicted molar refractivity (Wildman–Crippen MR) is 120 cm³/mol. The van der Waals surface area contributed by atoms with Gasteiger partial charge in [-0.1, -0.05) is 37.5 Å². The molecule has 1 aliphatic carbocycles. The van der Waals surface area contributed by atoms with Crippen LogP contribution in [0.3, 0.4) is 0 Å². The quantitative estimate of drug-likeness (QED) is 0.708. The van der Waals surface area contributed by atoms with Gasteiger partial charge in [-0.2, -0.15) is 5.10 Å². The van der Waals surface area contributed by atoms with Crippen molar-refractivity contribution in [1.82, 2.24) is 19.6 Å². The Hall–Kier alpha value is -2.63. The summed E-state index contributed by atoms with van der Waals surface area (Å²) in [5.74, 6) is 0.117. The molecule has 2 heterocycles. The van der Waals surface area contributed by atoms with E-state index in [2.05, 4.69) is 12.0 Å². The summed E-state index contributed by atoms with van der Waals surface area (Å²) in [4.78, 5) is 30.9. The Bertz CT molecular complexity index is 901. The Kier molecular flexibility index (Phi) is 6.44. The first-order valence-corrected chi connectivity index (χ1v) is 11.7. The molecule has 2 fully saturated rings. The van der Waals surface area contributed by atoms with Crippen LogP contribution in [0.25, 0.3) is 0 Å². The highest BCUT2D eigenvalue weighted by molar-refractivity contribution is 5.95. The number of amides is 2. The number of likely N-dealkylation sites (tertiary alicyclic amines) is 1. The van der Waals surface area contributed by atoms with Crippen molar-refractivity contribution in [2.24, 2.45) is 11.3 Å². The molecule has 1 spiro atoms. The van der Waals surface area contributed by atoms with Crippen molar-refractivity contribution in [2.75, 3.05) is 19.6 Å². The number of benzene rings is 1. The van der Waals surface area contributed by atoms with Crippen molar-refractivity contribution in [3.8, 4) is 0 Å². The number of carbonyl (C=O) groups excluding carboxylic acids is 2. The van der Waals surface area contributed by atoms with E-state index < -0.39 is 0 Å². The monoisotopic (exact) mass is 422 g/mol. The van der Waals surface area contributed by atoms with E-state index in [1.54, 1.807) is 0 Å². The maximum atomic E-state index is 13.8. The van der Waals surface area contributed by atoms with Gasteiger partial charge in [-0.3, -0.25) is 14.3 Å². The summed E-state index contributed by atoms with van der Waals surface area (Å²) in [5.41, 5.74) is 1.69. The van der Waals surface area contributed by atoms with Gasteiger partial charge in [-0.25, -0.2) is 0 Å². The van der Waals surface area contributed by atoms with E-state index in [4.69, 9.17) is 0 Å². The van der Waals surface area contributed by atoms with Crippen molar-refractivity contribution >= 4 is 11.8 Å². The number of hydrogen-bond donors (Lipinski definition) is 0. The predicted octanol–water partition coefficient (Wildman–Crippen LogP) is 3.97. The van der Waals surface area contributed by atoms with Crippen LogP contribution in [0.5, 0.6) is 0 Å². The molecule has 0 unspecified atom stereocenters. The molecule has 2 amide bonds. The van der Waals surface area contributed by atoms with Crippen LogP contribution in [0.2, 0.25) is 0 Å². The number of aryl methyl sites for hydroxylation is 1. The molecule has 0 bridgehead atoms. The number of nitrogens with zero attached hydrogens (tertiary/aromatic N) is 4. The topological polar surface area (TPSA) is 58.4 Å². The minimum Gasteiger partial charge on any atom is -0.338 e. The van der Waals surface area contributed by atoms with E-state index in [9.17, 15) is 9.59 Å². The molecule has 1 saturated carbocycles. The lowest BCUT2D eigenvalue weighted by molar-refractivity contribution is -0.139. The first-order valence-electron chi connectivity index (χ1n) is 11.7. The van der Waals surface area contributed by atoms with Crippen LogP contribution in [-0.2, 0) is 17.9 Å². The fraction of sp³-hybridized carbons (Fsp3) is 0.560. The van der Waals surface area contributed by atoms with E-state index in [1.807, 2.05) is 64.1 Å². The fourth-order valence-electron chi connectivity index (χ4n) is 5.44. The van der Waals surface area contributed by atoms with Crippen molar-refractivity contribution in [1.29, 1.82) is 0 Å². The lowest BCUT2D eigenvalue weighted by atomic mass is 9.67. The van der Waals surface area contributed by atoms with E-state index in [1.165, 1.54) is 6.42 Å². The summed E-state index contributed by atoms with van der Waals surface area (Å²) >= 11 is 0. The van der Waals surface area contributed by atoms with Gasteiger partial charge >= 0.3 is 0 Å². The van der Waals surface area contributed by atoms with Crippen LogP contribution in [0.15, 0.2) is 42.7 Å². The fourth-order valence-corrected chi connectivity index (χ4v) is 5.44. The molecule has 2 aliphatic rings. The van der Waals surface area contributed by atoms with E-state index in [-0.39, 0.29) is 23.1 Å². The van der Waals surface area contributed by atoms with Gasteiger partial charge < -0.3 is 9.80 Å². The minimum absolute atomic E-state index is 0.0492. The van der Waals surface area contributed by atoms with Gasteiger partial charge in [0.15, 0.2) is 0 Å². The van der Waals surface area contributed by atoms with E-state index in [0.717, 1.165) is 37.8 Å². The van der Waals surface area contributed by atoms with Crippen molar-refractivity contribution in [3.63, 3.8) is 0 Å². The number of hydrogen-bond acceptors (Lipinski definition) is 3. The highest BCUT2D eigenvalue weighted by Crippen LogP contribution is 2.48. The number of aromatic nitrogens is 2. The van der Waals surface area contributed by atoms with Gasteiger partial charge in [0.25, 0.3) is 5.91 Å². The zero-order chi connectivity index (χ0) is 21.8. The second-order valence-corrected chi connectivity index (χ2v) is 9.08. The zero-order valence-corrected chi connectivity index (χ0v) is 18.8. The Balaban J connectivity index is 1.55. The van der Waals surface area contributed by atoms with Crippen molar-refractivity contribution in [2.45, 2.75) is 59.0 Å². The molecule has 0 radical (unpaired) electrons. The van der Waals surface area contributed by atoms with Crippen LogP contribution < -0.4 is 0 Å². The maximum Gasteiger partial charge on any atom is 0.253 e. The Morgan fingerprint density at radius 2 is 1.87 bits per heavy atom. The molecule has 0 N–H and O–H groups in total. The molecule has 166 valence electrons. The molecular formula is C25H34N4O2. The average Bonchev–Trinajstić information content (AvgIpc) is 3.42. The molecule has 4 rings (SSSR count). The van der Waals surface area contributed by atoms with Crippen molar-refractivity contribution in [3.05, 3.63) is 53.9 Å². The van der Waals surface area contributed by atoms with Gasteiger partial charge in [-0.15, -0.1) is 0 Å². The first kappa shape index (κ1) is 21.6. The molecule has 1 aromatic carbocycles. The molecule has 1 saturated heterocycles. The summed E-state index contributed by atoms with van der Waals surface area (Å²) in [6.45, 7) is 7.38. The Morgan fingerprint density at radius 1 is 1.13 bits per heavy atom. The van der Waals surface area contributed by atoms with E-state index >= 15 is 0 Å². The third-order valence-electron chi connectivity index (χ3n) is 7.18. The van der Waals surface area contributed by atoms with Gasteiger partial charge in [0, 0.05) is 55.5 Å². The highest BCUT2D eigenvalue weighted by Gasteiger charge is 2.52. The third-order valence-corrected chi connectivity index (χ3v) is 7.18. The van der Waals surface area contributed by atoms with Gasteiger partial charge in [-0.05, 0) is 38.8 Å². The maximum absolute atomic E-state index is 13.8. The summed E-state index contributed by atoms with van der Waals surface area (Å²) in [6.07, 6.45) is 9.46. The molecule has 6 nitrogen and oxygen atoms in total. The summed E-state index contributed by atoms with van der Waals surface area (Å²) in [7, 11) is 0.